The molecule has 1 saturated heterocycles. The Morgan fingerprint density at radius 3 is 2.69 bits per heavy atom. The van der Waals surface area contributed by atoms with Crippen LogP contribution in [0.1, 0.15) is 32.8 Å². The summed E-state index contributed by atoms with van der Waals surface area (Å²) >= 11 is 0. The number of carbonyl (C=O) groups excluding carboxylic acids is 2. The Morgan fingerprint density at radius 1 is 1.21 bits per heavy atom. The lowest BCUT2D eigenvalue weighted by molar-refractivity contribution is -0.137. The number of nitrogens with one attached hydrogen (secondary N) is 1. The molecule has 1 aromatic heterocycles. The maximum atomic E-state index is 12.7. The molecular formula is C18H20F3N5O3. The second-order valence-electron chi connectivity index (χ2n) is 6.46. The minimum Gasteiger partial charge on any atom is -0.378 e. The molecule has 0 radical (unpaired) electrons. The van der Waals surface area contributed by atoms with Crippen molar-refractivity contribution in [3.8, 4) is 0 Å². The van der Waals surface area contributed by atoms with Crippen LogP contribution in [0.15, 0.2) is 30.5 Å². The van der Waals surface area contributed by atoms with Gasteiger partial charge in [0.15, 0.2) is 5.69 Å². The Bertz CT molecular complexity index is 862. The van der Waals surface area contributed by atoms with Gasteiger partial charge in [-0.3, -0.25) is 14.3 Å². The molecule has 1 fully saturated rings. The quantitative estimate of drug-likeness (QED) is 0.730. The fourth-order valence-electron chi connectivity index (χ4n) is 2.82. The lowest BCUT2D eigenvalue weighted by atomic mass is 10.1. The fraction of sp³-hybridized carbons (Fsp3) is 0.444. The number of alkyl halides is 3. The van der Waals surface area contributed by atoms with Gasteiger partial charge in [-0.15, -0.1) is 5.10 Å². The number of aromatic nitrogens is 3. The summed E-state index contributed by atoms with van der Waals surface area (Å²) in [6, 6.07) is 4.25. The molecule has 2 heterocycles. The van der Waals surface area contributed by atoms with Crippen LogP contribution in [0.25, 0.3) is 0 Å². The van der Waals surface area contributed by atoms with Crippen LogP contribution < -0.4 is 5.32 Å². The number of halogens is 3. The number of benzene rings is 1. The monoisotopic (exact) mass is 411 g/mol. The van der Waals surface area contributed by atoms with E-state index in [2.05, 4.69) is 15.6 Å². The van der Waals surface area contributed by atoms with Gasteiger partial charge in [-0.2, -0.15) is 13.2 Å². The van der Waals surface area contributed by atoms with E-state index < -0.39 is 17.6 Å². The van der Waals surface area contributed by atoms with Crippen molar-refractivity contribution in [1.29, 1.82) is 0 Å². The maximum absolute atomic E-state index is 12.7. The average molecular weight is 411 g/mol. The van der Waals surface area contributed by atoms with Crippen molar-refractivity contribution in [3.05, 3.63) is 47.3 Å². The second kappa shape index (κ2) is 9.03. The first-order valence-electron chi connectivity index (χ1n) is 9.07. The summed E-state index contributed by atoms with van der Waals surface area (Å²) in [4.78, 5) is 26.0. The van der Waals surface area contributed by atoms with Gasteiger partial charge in [0, 0.05) is 31.7 Å². The van der Waals surface area contributed by atoms with E-state index in [1.54, 1.807) is 4.90 Å². The van der Waals surface area contributed by atoms with Crippen LogP contribution in [0, 0.1) is 0 Å². The van der Waals surface area contributed by atoms with Gasteiger partial charge in [0.05, 0.1) is 25.0 Å². The third kappa shape index (κ3) is 5.53. The Morgan fingerprint density at radius 2 is 1.97 bits per heavy atom. The molecule has 0 spiro atoms. The maximum Gasteiger partial charge on any atom is 0.416 e. The van der Waals surface area contributed by atoms with Crippen LogP contribution >= 0.6 is 0 Å². The number of aryl methyl sites for hydroxylation is 1. The molecule has 0 bridgehead atoms. The van der Waals surface area contributed by atoms with Gasteiger partial charge in [-0.1, -0.05) is 11.3 Å². The molecule has 0 aliphatic carbocycles. The zero-order valence-electron chi connectivity index (χ0n) is 15.5. The zero-order chi connectivity index (χ0) is 20.9. The van der Waals surface area contributed by atoms with Crippen LogP contribution in [0.4, 0.5) is 13.2 Å². The smallest absolute Gasteiger partial charge is 0.378 e. The summed E-state index contributed by atoms with van der Waals surface area (Å²) in [7, 11) is 0. The van der Waals surface area contributed by atoms with Crippen LogP contribution in [0.3, 0.4) is 0 Å². The molecule has 0 saturated carbocycles. The predicted octanol–water partition coefficient (Wildman–Crippen LogP) is 1.59. The average Bonchev–Trinajstić information content (AvgIpc) is 3.19. The molecule has 1 aromatic carbocycles. The molecule has 29 heavy (non-hydrogen) atoms. The van der Waals surface area contributed by atoms with E-state index in [0.29, 0.717) is 39.3 Å². The van der Waals surface area contributed by atoms with E-state index >= 15 is 0 Å². The molecule has 2 amide bonds. The highest BCUT2D eigenvalue weighted by molar-refractivity contribution is 5.94. The van der Waals surface area contributed by atoms with Crippen LogP contribution in [0.2, 0.25) is 0 Å². The van der Waals surface area contributed by atoms with Crippen molar-refractivity contribution in [2.24, 2.45) is 0 Å². The molecule has 1 aliphatic rings. The van der Waals surface area contributed by atoms with Gasteiger partial charge in [0.1, 0.15) is 0 Å². The summed E-state index contributed by atoms with van der Waals surface area (Å²) in [6.07, 6.45) is -2.49. The van der Waals surface area contributed by atoms with E-state index in [9.17, 15) is 22.8 Å². The first-order chi connectivity index (χ1) is 13.8. The zero-order valence-corrected chi connectivity index (χ0v) is 15.5. The summed E-state index contributed by atoms with van der Waals surface area (Å²) in [5, 5.41) is 10.3. The highest BCUT2D eigenvalue weighted by Crippen LogP contribution is 2.29. The molecule has 11 heteroatoms. The molecule has 0 unspecified atom stereocenters. The number of morpholine rings is 1. The van der Waals surface area contributed by atoms with Crippen LogP contribution in [-0.4, -0.2) is 64.6 Å². The molecular weight excluding hydrogens is 391 g/mol. The second-order valence-corrected chi connectivity index (χ2v) is 6.46. The molecule has 0 atom stereocenters. The minimum atomic E-state index is -4.50. The summed E-state index contributed by atoms with van der Waals surface area (Å²) in [6.45, 7) is 2.63. The van der Waals surface area contributed by atoms with Crippen molar-refractivity contribution in [1.82, 2.24) is 25.2 Å². The van der Waals surface area contributed by atoms with Gasteiger partial charge >= 0.3 is 6.18 Å². The number of ether oxygens (including phenoxy) is 1. The Hall–Kier alpha value is -2.95. The fourth-order valence-corrected chi connectivity index (χ4v) is 2.82. The van der Waals surface area contributed by atoms with Crippen molar-refractivity contribution in [2.45, 2.75) is 19.1 Å². The standard InChI is InChI=1S/C18H20F3N5O3/c19-18(20,21)14-4-1-3-13(11-14)16(27)22-5-2-6-26-12-15(23-24-26)17(28)25-7-9-29-10-8-25/h1,3-4,11-12H,2,5-10H2,(H,22,27). The van der Waals surface area contributed by atoms with Crippen molar-refractivity contribution in [2.75, 3.05) is 32.8 Å². The highest BCUT2D eigenvalue weighted by atomic mass is 19.4. The van der Waals surface area contributed by atoms with E-state index in [-0.39, 0.29) is 23.7 Å². The highest BCUT2D eigenvalue weighted by Gasteiger charge is 2.30. The van der Waals surface area contributed by atoms with Crippen LogP contribution in [-0.2, 0) is 17.5 Å². The lowest BCUT2D eigenvalue weighted by Gasteiger charge is -2.25. The number of amides is 2. The van der Waals surface area contributed by atoms with Crippen molar-refractivity contribution < 1.29 is 27.5 Å². The Balaban J connectivity index is 1.45. The molecule has 3 rings (SSSR count). The van der Waals surface area contributed by atoms with Gasteiger partial charge in [0.25, 0.3) is 11.8 Å². The van der Waals surface area contributed by atoms with E-state index in [1.807, 2.05) is 0 Å². The Kier molecular flexibility index (Phi) is 6.47. The summed E-state index contributed by atoms with van der Waals surface area (Å²) in [5.74, 6) is -0.796. The molecule has 8 nitrogen and oxygen atoms in total. The van der Waals surface area contributed by atoms with Gasteiger partial charge in [-0.05, 0) is 24.6 Å². The van der Waals surface area contributed by atoms with Gasteiger partial charge in [-0.25, -0.2) is 0 Å². The summed E-state index contributed by atoms with van der Waals surface area (Å²) in [5.41, 5.74) is -0.691. The van der Waals surface area contributed by atoms with Gasteiger partial charge in [0.2, 0.25) is 0 Å². The SMILES string of the molecule is O=C(NCCCn1cc(C(=O)N2CCOCC2)nn1)c1cccc(C(F)(F)F)c1. The van der Waals surface area contributed by atoms with E-state index in [0.717, 1.165) is 12.1 Å². The number of nitrogens with zero attached hydrogens (tertiary/aromatic N) is 4. The Labute approximate surface area is 164 Å². The van der Waals surface area contributed by atoms with Crippen molar-refractivity contribution in [3.63, 3.8) is 0 Å². The molecule has 2 aromatic rings. The number of carbonyl (C=O) groups is 2. The number of rotatable bonds is 6. The molecule has 1 N–H and O–H groups in total. The number of hydrogen-bond donors (Lipinski definition) is 1. The van der Waals surface area contributed by atoms with E-state index in [4.69, 9.17) is 4.74 Å². The topological polar surface area (TPSA) is 89.4 Å². The molecule has 1 aliphatic heterocycles. The third-order valence-corrected chi connectivity index (χ3v) is 4.36. The first kappa shape index (κ1) is 20.8. The van der Waals surface area contributed by atoms with E-state index in [1.165, 1.54) is 23.0 Å². The van der Waals surface area contributed by atoms with Crippen LogP contribution in [0.5, 0.6) is 0 Å². The van der Waals surface area contributed by atoms with Crippen molar-refractivity contribution >= 4 is 11.8 Å². The number of hydrogen-bond acceptors (Lipinski definition) is 5. The lowest BCUT2D eigenvalue weighted by Crippen LogP contribution is -2.40. The normalized spacial score (nSPS) is 14.7. The minimum absolute atomic E-state index is 0.0565. The third-order valence-electron chi connectivity index (χ3n) is 4.36. The largest absolute Gasteiger partial charge is 0.416 e. The van der Waals surface area contributed by atoms with Gasteiger partial charge < -0.3 is 15.0 Å². The predicted molar refractivity (Wildman–Crippen MR) is 95.1 cm³/mol. The molecule has 156 valence electrons. The summed E-state index contributed by atoms with van der Waals surface area (Å²) < 4.78 is 44.9. The first-order valence-corrected chi connectivity index (χ1v) is 9.07.